The van der Waals surface area contributed by atoms with Gasteiger partial charge < -0.3 is 30.0 Å². The monoisotopic (exact) mass is 758 g/mol. The molecule has 11 heteroatoms. The van der Waals surface area contributed by atoms with E-state index in [2.05, 4.69) is 43.5 Å². The lowest BCUT2D eigenvalue weighted by Crippen LogP contribution is -2.45. The van der Waals surface area contributed by atoms with Crippen LogP contribution < -0.4 is 5.32 Å². The maximum Gasteiger partial charge on any atom is 0.472 e. The van der Waals surface area contributed by atoms with E-state index >= 15 is 0 Å². The Balaban J connectivity index is 4.77. The molecular weight excluding hydrogens is 679 g/mol. The van der Waals surface area contributed by atoms with Crippen LogP contribution in [0.5, 0.6) is 0 Å². The Labute approximate surface area is 317 Å². The van der Waals surface area contributed by atoms with Crippen molar-refractivity contribution in [3.63, 3.8) is 0 Å². The van der Waals surface area contributed by atoms with E-state index < -0.39 is 44.7 Å². The molecule has 0 bridgehead atoms. The number of amides is 1. The molecule has 0 heterocycles. The van der Waals surface area contributed by atoms with Crippen molar-refractivity contribution >= 4 is 13.7 Å². The zero-order chi connectivity index (χ0) is 38.9. The minimum absolute atomic E-state index is 0.00758. The van der Waals surface area contributed by atoms with Crippen LogP contribution in [0, 0.1) is 0 Å². The number of carbonyl (C=O) groups excluding carboxylic acids is 1. The summed E-state index contributed by atoms with van der Waals surface area (Å²) < 4.78 is 23.3. The van der Waals surface area contributed by atoms with E-state index in [4.69, 9.17) is 9.05 Å². The average Bonchev–Trinajstić information content (AvgIpc) is 3.08. The molecule has 0 rings (SSSR count). The summed E-state index contributed by atoms with van der Waals surface area (Å²) in [6.45, 7) is 4.50. The summed E-state index contributed by atoms with van der Waals surface area (Å²) in [4.78, 5) is 23.0. The molecule has 0 saturated heterocycles. The smallest absolute Gasteiger partial charge is 0.390 e. The standard InChI is InChI=1S/C41H77N2O8P/c1-6-8-10-12-14-16-18-20-22-24-26-28-31-39(45)40(46)32-29-33-41(47)42-37(36-51-52(48,49)50-35-34-43(3,4)5)38(44)30-27-25-23-21-19-17-15-13-11-9-7-2/h14,16,20,22,26-28,30,37-40,44-46H,6-13,15,17-19,21,23-25,29,31-36H2,1-5H3,(H-,42,47,48,49)/p+1/b16-14-,22-20-,28-26-,30-27+/t37-,38+,39?,40?/m0/s1. The number of phosphoric ester groups is 1. The van der Waals surface area contributed by atoms with Gasteiger partial charge in [0.25, 0.3) is 0 Å². The first kappa shape index (κ1) is 50.4. The Morgan fingerprint density at radius 1 is 0.712 bits per heavy atom. The van der Waals surface area contributed by atoms with Crippen molar-refractivity contribution in [2.24, 2.45) is 0 Å². The van der Waals surface area contributed by atoms with Crippen molar-refractivity contribution in [3.05, 3.63) is 48.6 Å². The van der Waals surface area contributed by atoms with Gasteiger partial charge in [-0.15, -0.1) is 0 Å². The van der Waals surface area contributed by atoms with Crippen LogP contribution >= 0.6 is 7.82 Å². The SMILES string of the molecule is CCCCC/C=C\C/C=C\C/C=C\CC(O)C(O)CCCC(=O)N[C@@H](COP(=O)(O)OCC[N+](C)(C)C)[C@H](O)/C=C/CCCCCCCCCCC. The topological polar surface area (TPSA) is 146 Å². The van der Waals surface area contributed by atoms with Crippen molar-refractivity contribution in [1.29, 1.82) is 0 Å². The fourth-order valence-corrected chi connectivity index (χ4v) is 6.05. The van der Waals surface area contributed by atoms with Gasteiger partial charge in [0.05, 0.1) is 52.1 Å². The number of carbonyl (C=O) groups is 1. The van der Waals surface area contributed by atoms with E-state index in [0.29, 0.717) is 23.9 Å². The molecule has 5 atom stereocenters. The third-order valence-corrected chi connectivity index (χ3v) is 9.73. The molecule has 304 valence electrons. The Morgan fingerprint density at radius 2 is 1.25 bits per heavy atom. The van der Waals surface area contributed by atoms with Gasteiger partial charge in [0.1, 0.15) is 13.2 Å². The van der Waals surface area contributed by atoms with Crippen molar-refractivity contribution in [2.45, 2.75) is 167 Å². The van der Waals surface area contributed by atoms with Crippen LogP contribution in [0.15, 0.2) is 48.6 Å². The summed E-state index contributed by atoms with van der Waals surface area (Å²) in [5.74, 6) is -0.400. The maximum atomic E-state index is 12.8. The maximum absolute atomic E-state index is 12.8. The summed E-state index contributed by atoms with van der Waals surface area (Å²) in [6, 6.07) is -0.981. The fraction of sp³-hybridized carbons (Fsp3) is 0.780. The molecule has 5 N–H and O–H groups in total. The zero-order valence-corrected chi connectivity index (χ0v) is 34.4. The van der Waals surface area contributed by atoms with Gasteiger partial charge >= 0.3 is 7.82 Å². The first-order valence-electron chi connectivity index (χ1n) is 20.2. The Hall–Kier alpha value is -1.62. The van der Waals surface area contributed by atoms with E-state index in [0.717, 1.165) is 38.5 Å². The van der Waals surface area contributed by atoms with Crippen LogP contribution in [0.3, 0.4) is 0 Å². The van der Waals surface area contributed by atoms with E-state index in [-0.39, 0.29) is 19.4 Å². The number of rotatable bonds is 35. The molecule has 0 aromatic rings. The van der Waals surface area contributed by atoms with Gasteiger partial charge in [-0.3, -0.25) is 13.8 Å². The number of nitrogens with one attached hydrogen (secondary N) is 1. The lowest BCUT2D eigenvalue weighted by atomic mass is 10.0. The molecule has 52 heavy (non-hydrogen) atoms. The lowest BCUT2D eigenvalue weighted by Gasteiger charge is -2.25. The molecular formula is C41H78N2O8P+. The molecule has 0 saturated carbocycles. The molecule has 0 aliphatic carbocycles. The minimum Gasteiger partial charge on any atom is -0.390 e. The van der Waals surface area contributed by atoms with Crippen LogP contribution in [0.1, 0.15) is 142 Å². The van der Waals surface area contributed by atoms with Gasteiger partial charge in [-0.25, -0.2) is 4.57 Å². The predicted octanol–water partition coefficient (Wildman–Crippen LogP) is 8.46. The lowest BCUT2D eigenvalue weighted by molar-refractivity contribution is -0.870. The van der Waals surface area contributed by atoms with Gasteiger partial charge in [-0.05, 0) is 57.8 Å². The summed E-state index contributed by atoms with van der Waals surface area (Å²) in [7, 11) is 1.39. The number of unbranched alkanes of at least 4 members (excludes halogenated alkanes) is 12. The molecule has 0 spiro atoms. The van der Waals surface area contributed by atoms with Gasteiger partial charge in [-0.1, -0.05) is 127 Å². The molecule has 0 aliphatic rings. The quantitative estimate of drug-likeness (QED) is 0.0187. The van der Waals surface area contributed by atoms with E-state index in [9.17, 15) is 29.6 Å². The first-order valence-corrected chi connectivity index (χ1v) is 21.7. The van der Waals surface area contributed by atoms with Crippen molar-refractivity contribution in [1.82, 2.24) is 5.32 Å². The molecule has 0 aromatic carbocycles. The second-order valence-electron chi connectivity index (χ2n) is 15.0. The van der Waals surface area contributed by atoms with E-state index in [1.165, 1.54) is 64.2 Å². The van der Waals surface area contributed by atoms with Gasteiger partial charge in [0.2, 0.25) is 5.91 Å². The molecule has 10 nitrogen and oxygen atoms in total. The Bertz CT molecular complexity index is 1030. The number of phosphoric acid groups is 1. The molecule has 0 radical (unpaired) electrons. The molecule has 0 fully saturated rings. The molecule has 0 aromatic heterocycles. The van der Waals surface area contributed by atoms with Crippen LogP contribution in [0.2, 0.25) is 0 Å². The fourth-order valence-electron chi connectivity index (χ4n) is 5.32. The molecule has 1 amide bonds. The van der Waals surface area contributed by atoms with Crippen molar-refractivity contribution in [2.75, 3.05) is 40.9 Å². The minimum atomic E-state index is -4.41. The molecule has 3 unspecified atom stereocenters. The Kier molecular flexibility index (Phi) is 31.8. The van der Waals surface area contributed by atoms with Gasteiger partial charge in [0.15, 0.2) is 0 Å². The zero-order valence-electron chi connectivity index (χ0n) is 33.5. The highest BCUT2D eigenvalue weighted by Gasteiger charge is 2.28. The number of hydrogen-bond donors (Lipinski definition) is 5. The average molecular weight is 758 g/mol. The second kappa shape index (κ2) is 32.8. The number of allylic oxidation sites excluding steroid dienone is 6. The number of hydrogen-bond acceptors (Lipinski definition) is 7. The first-order chi connectivity index (χ1) is 24.8. The summed E-state index contributed by atoms with van der Waals surface area (Å²) >= 11 is 0. The number of aliphatic hydroxyl groups excluding tert-OH is 3. The molecule has 0 aliphatic heterocycles. The highest BCUT2D eigenvalue weighted by atomic mass is 31.2. The van der Waals surface area contributed by atoms with Crippen LogP contribution in [0.25, 0.3) is 0 Å². The number of likely N-dealkylation sites (N-methyl/N-ethyl adjacent to an activating group) is 1. The largest absolute Gasteiger partial charge is 0.472 e. The normalized spacial score (nSPS) is 16.2. The number of nitrogens with zero attached hydrogens (tertiary/aromatic N) is 1. The number of aliphatic hydroxyl groups is 3. The number of quaternary nitrogens is 1. The van der Waals surface area contributed by atoms with Crippen LogP contribution in [-0.4, -0.2) is 95.9 Å². The highest BCUT2D eigenvalue weighted by Crippen LogP contribution is 2.43. The summed E-state index contributed by atoms with van der Waals surface area (Å²) in [5.41, 5.74) is 0. The van der Waals surface area contributed by atoms with Crippen molar-refractivity contribution in [3.8, 4) is 0 Å². The summed E-state index contributed by atoms with van der Waals surface area (Å²) in [5, 5.41) is 34.4. The van der Waals surface area contributed by atoms with E-state index in [1.54, 1.807) is 6.08 Å². The summed E-state index contributed by atoms with van der Waals surface area (Å²) in [6.07, 6.45) is 32.0. The highest BCUT2D eigenvalue weighted by molar-refractivity contribution is 7.47. The van der Waals surface area contributed by atoms with Crippen molar-refractivity contribution < 1.29 is 43.1 Å². The Morgan fingerprint density at radius 3 is 1.88 bits per heavy atom. The third kappa shape index (κ3) is 33.0. The van der Waals surface area contributed by atoms with Gasteiger partial charge in [-0.2, -0.15) is 0 Å². The third-order valence-electron chi connectivity index (χ3n) is 8.74. The predicted molar refractivity (Wildman–Crippen MR) is 215 cm³/mol. The second-order valence-corrected chi connectivity index (χ2v) is 16.4. The van der Waals surface area contributed by atoms with Crippen LogP contribution in [-0.2, 0) is 18.4 Å². The van der Waals surface area contributed by atoms with E-state index in [1.807, 2.05) is 39.4 Å². The van der Waals surface area contributed by atoms with Crippen LogP contribution in [0.4, 0.5) is 0 Å². The van der Waals surface area contributed by atoms with Gasteiger partial charge in [0, 0.05) is 6.42 Å².